The second-order valence-corrected chi connectivity index (χ2v) is 7.43. The van der Waals surface area contributed by atoms with Crippen LogP contribution in [-0.2, 0) is 4.79 Å². The van der Waals surface area contributed by atoms with Gasteiger partial charge in [-0.05, 0) is 72.3 Å². The van der Waals surface area contributed by atoms with E-state index in [-0.39, 0.29) is 0 Å². The Balaban J connectivity index is 1.73. The molecule has 0 fully saturated rings. The molecule has 3 rings (SSSR count). The van der Waals surface area contributed by atoms with Crippen molar-refractivity contribution in [2.45, 2.75) is 20.0 Å². The first-order chi connectivity index (χ1) is 13.0. The Labute approximate surface area is 171 Å². The monoisotopic (exact) mass is 473 g/mol. The highest BCUT2D eigenvalue weighted by atomic mass is 127. The second kappa shape index (κ2) is 8.49. The number of nitrogens with one attached hydrogen (secondary N) is 1. The molecule has 1 heterocycles. The third-order valence-electron chi connectivity index (χ3n) is 4.30. The fraction of sp³-hybridized carbons (Fsp3) is 0.143. The molecule has 6 heteroatoms. The van der Waals surface area contributed by atoms with Crippen LogP contribution < -0.4 is 5.43 Å². The van der Waals surface area contributed by atoms with E-state index >= 15 is 0 Å². The number of carbonyl (C=O) groups is 1. The summed E-state index contributed by atoms with van der Waals surface area (Å²) in [6, 6.07) is 19.0. The number of aryl methyl sites for hydroxylation is 1. The first kappa shape index (κ1) is 19.3. The molecule has 3 aromatic rings. The Kier molecular flexibility index (Phi) is 6.08. The van der Waals surface area contributed by atoms with E-state index in [9.17, 15) is 9.90 Å². The van der Waals surface area contributed by atoms with Crippen molar-refractivity contribution in [1.82, 2.24) is 9.99 Å². The highest BCUT2D eigenvalue weighted by Gasteiger charge is 2.16. The van der Waals surface area contributed by atoms with Gasteiger partial charge in [0, 0.05) is 26.2 Å². The zero-order chi connectivity index (χ0) is 19.4. The van der Waals surface area contributed by atoms with Crippen molar-refractivity contribution < 1.29 is 9.90 Å². The van der Waals surface area contributed by atoms with Crippen LogP contribution in [0.1, 0.15) is 28.6 Å². The summed E-state index contributed by atoms with van der Waals surface area (Å²) in [7, 11) is 0. The standard InChI is InChI=1S/C21H20IN3O2/c1-14-12-17(15(2)25(14)19-10-8-18(22)9-11-19)13-23-24-21(27)20(26)16-6-4-3-5-7-16/h3-13,20,26H,1-2H3,(H,24,27)/b23-13-/t20-/m0/s1. The number of hydrazone groups is 1. The quantitative estimate of drug-likeness (QED) is 0.336. The van der Waals surface area contributed by atoms with Crippen molar-refractivity contribution in [3.63, 3.8) is 0 Å². The number of aromatic nitrogens is 1. The maximum atomic E-state index is 12.1. The van der Waals surface area contributed by atoms with Gasteiger partial charge in [0.15, 0.2) is 6.10 Å². The van der Waals surface area contributed by atoms with E-state index in [1.54, 1.807) is 30.5 Å². The lowest BCUT2D eigenvalue weighted by Gasteiger charge is -2.10. The minimum Gasteiger partial charge on any atom is -0.378 e. The van der Waals surface area contributed by atoms with Gasteiger partial charge in [0.05, 0.1) is 6.21 Å². The lowest BCUT2D eigenvalue weighted by Crippen LogP contribution is -2.25. The Hall–Kier alpha value is -2.45. The van der Waals surface area contributed by atoms with Gasteiger partial charge in [0.1, 0.15) is 0 Å². The van der Waals surface area contributed by atoms with Gasteiger partial charge < -0.3 is 9.67 Å². The van der Waals surface area contributed by atoms with Crippen molar-refractivity contribution in [3.8, 4) is 5.69 Å². The van der Waals surface area contributed by atoms with Crippen LogP contribution in [0.25, 0.3) is 5.69 Å². The Bertz CT molecular complexity index is 963. The van der Waals surface area contributed by atoms with Crippen LogP contribution in [0.2, 0.25) is 0 Å². The average Bonchev–Trinajstić information content (AvgIpc) is 2.96. The van der Waals surface area contributed by atoms with Gasteiger partial charge in [-0.2, -0.15) is 5.10 Å². The summed E-state index contributed by atoms with van der Waals surface area (Å²) in [5.74, 6) is -0.566. The molecule has 2 N–H and O–H groups in total. The van der Waals surface area contributed by atoms with E-state index in [0.717, 1.165) is 22.6 Å². The minimum atomic E-state index is -1.25. The van der Waals surface area contributed by atoms with E-state index in [0.29, 0.717) is 5.56 Å². The van der Waals surface area contributed by atoms with Crippen LogP contribution in [0.4, 0.5) is 0 Å². The van der Waals surface area contributed by atoms with E-state index in [2.05, 4.69) is 62.0 Å². The molecule has 0 spiro atoms. The average molecular weight is 473 g/mol. The van der Waals surface area contributed by atoms with E-state index in [1.807, 2.05) is 26.0 Å². The maximum absolute atomic E-state index is 12.1. The molecule has 27 heavy (non-hydrogen) atoms. The van der Waals surface area contributed by atoms with E-state index < -0.39 is 12.0 Å². The van der Waals surface area contributed by atoms with Gasteiger partial charge in [-0.15, -0.1) is 0 Å². The van der Waals surface area contributed by atoms with Crippen LogP contribution in [0.3, 0.4) is 0 Å². The SMILES string of the molecule is Cc1cc(/C=N\NC(=O)[C@@H](O)c2ccccc2)c(C)n1-c1ccc(I)cc1. The summed E-state index contributed by atoms with van der Waals surface area (Å²) < 4.78 is 3.32. The lowest BCUT2D eigenvalue weighted by atomic mass is 10.1. The number of halogens is 1. The van der Waals surface area contributed by atoms with E-state index in [4.69, 9.17) is 0 Å². The molecule has 0 aliphatic rings. The zero-order valence-corrected chi connectivity index (χ0v) is 17.2. The summed E-state index contributed by atoms with van der Waals surface area (Å²) in [6.07, 6.45) is 0.351. The molecule has 0 radical (unpaired) electrons. The summed E-state index contributed by atoms with van der Waals surface area (Å²) in [6.45, 7) is 4.03. The largest absolute Gasteiger partial charge is 0.378 e. The fourth-order valence-corrected chi connectivity index (χ4v) is 3.28. The third kappa shape index (κ3) is 4.45. The Morgan fingerprint density at radius 1 is 1.15 bits per heavy atom. The molecule has 138 valence electrons. The second-order valence-electron chi connectivity index (χ2n) is 6.19. The molecule has 0 saturated carbocycles. The van der Waals surface area contributed by atoms with Gasteiger partial charge >= 0.3 is 0 Å². The van der Waals surface area contributed by atoms with Crippen LogP contribution >= 0.6 is 22.6 Å². The third-order valence-corrected chi connectivity index (χ3v) is 5.02. The first-order valence-corrected chi connectivity index (χ1v) is 9.56. The summed E-state index contributed by atoms with van der Waals surface area (Å²) in [5, 5.41) is 14.1. The summed E-state index contributed by atoms with van der Waals surface area (Å²) in [5.41, 5.74) is 7.01. The molecule has 5 nitrogen and oxygen atoms in total. The molecule has 2 aromatic carbocycles. The van der Waals surface area contributed by atoms with Crippen LogP contribution in [0.15, 0.2) is 65.8 Å². The molecule has 1 aromatic heterocycles. The predicted molar refractivity (Wildman–Crippen MR) is 115 cm³/mol. The molecule has 1 atom stereocenters. The van der Waals surface area contributed by atoms with Gasteiger partial charge in [0.2, 0.25) is 0 Å². The number of hydrogen-bond donors (Lipinski definition) is 2. The predicted octanol–water partition coefficient (Wildman–Crippen LogP) is 3.88. The number of nitrogens with zero attached hydrogens (tertiary/aromatic N) is 2. The topological polar surface area (TPSA) is 66.6 Å². The number of hydrogen-bond acceptors (Lipinski definition) is 3. The molecule has 0 bridgehead atoms. The van der Waals surface area contributed by atoms with Crippen molar-refractivity contribution in [3.05, 3.63) is 86.7 Å². The fourth-order valence-electron chi connectivity index (χ4n) is 2.92. The number of aliphatic hydroxyl groups is 1. The highest BCUT2D eigenvalue weighted by Crippen LogP contribution is 2.20. The minimum absolute atomic E-state index is 0.530. The van der Waals surface area contributed by atoms with E-state index in [1.165, 1.54) is 3.57 Å². The summed E-state index contributed by atoms with van der Waals surface area (Å²) >= 11 is 2.28. The smallest absolute Gasteiger partial charge is 0.273 e. The van der Waals surface area contributed by atoms with Gasteiger partial charge in [-0.1, -0.05) is 30.3 Å². The number of rotatable bonds is 5. The first-order valence-electron chi connectivity index (χ1n) is 8.48. The number of aliphatic hydroxyl groups excluding tert-OH is 1. The number of carbonyl (C=O) groups excluding carboxylic acids is 1. The van der Waals surface area contributed by atoms with Crippen molar-refractivity contribution in [1.29, 1.82) is 0 Å². The number of benzene rings is 2. The Morgan fingerprint density at radius 2 is 1.81 bits per heavy atom. The maximum Gasteiger partial charge on any atom is 0.273 e. The van der Waals surface area contributed by atoms with Crippen LogP contribution in [-0.4, -0.2) is 21.8 Å². The molecule has 0 aliphatic heterocycles. The van der Waals surface area contributed by atoms with Gasteiger partial charge in [-0.25, -0.2) is 5.43 Å². The highest BCUT2D eigenvalue weighted by molar-refractivity contribution is 14.1. The molecular weight excluding hydrogens is 453 g/mol. The molecule has 1 amide bonds. The van der Waals surface area contributed by atoms with Crippen molar-refractivity contribution in [2.24, 2.45) is 5.10 Å². The number of amides is 1. The Morgan fingerprint density at radius 3 is 2.48 bits per heavy atom. The molecule has 0 saturated heterocycles. The van der Waals surface area contributed by atoms with Gasteiger partial charge in [-0.3, -0.25) is 4.79 Å². The molecule has 0 unspecified atom stereocenters. The molecule has 0 aliphatic carbocycles. The lowest BCUT2D eigenvalue weighted by molar-refractivity contribution is -0.129. The normalized spacial score (nSPS) is 12.3. The molecular formula is C21H20IN3O2. The van der Waals surface area contributed by atoms with Crippen molar-refractivity contribution in [2.75, 3.05) is 0 Å². The van der Waals surface area contributed by atoms with Gasteiger partial charge in [0.25, 0.3) is 5.91 Å². The van der Waals surface area contributed by atoms with Crippen molar-refractivity contribution >= 4 is 34.7 Å². The van der Waals surface area contributed by atoms with Crippen LogP contribution in [0, 0.1) is 17.4 Å². The van der Waals surface area contributed by atoms with Crippen LogP contribution in [0.5, 0.6) is 0 Å². The zero-order valence-electron chi connectivity index (χ0n) is 15.1. The summed E-state index contributed by atoms with van der Waals surface area (Å²) in [4.78, 5) is 12.1.